The number of oxazole rings is 1. The first-order valence-corrected chi connectivity index (χ1v) is 23.0. The minimum Gasteiger partial charge on any atom is -0.494 e. The van der Waals surface area contributed by atoms with Gasteiger partial charge >= 0.3 is 12.4 Å². The number of aromatic nitrogens is 4. The fourth-order valence-electron chi connectivity index (χ4n) is 8.66. The Hall–Kier alpha value is -6.75. The zero-order valence-corrected chi connectivity index (χ0v) is 40.8. The van der Waals surface area contributed by atoms with Crippen molar-refractivity contribution in [1.29, 1.82) is 5.26 Å². The van der Waals surface area contributed by atoms with Crippen LogP contribution >= 0.6 is 12.2 Å². The number of carbonyl (C=O) groups excluding carboxylic acids is 2. The zero-order chi connectivity index (χ0) is 53.5. The van der Waals surface area contributed by atoms with E-state index >= 15 is 8.78 Å². The molecule has 0 bridgehead atoms. The quantitative estimate of drug-likeness (QED) is 0.0442. The second-order valence-electron chi connectivity index (χ2n) is 19.0. The van der Waals surface area contributed by atoms with Crippen LogP contribution in [0.3, 0.4) is 0 Å². The number of hydrogen-bond donors (Lipinski definition) is 4. The van der Waals surface area contributed by atoms with Crippen LogP contribution in [0.15, 0.2) is 59.6 Å². The highest BCUT2D eigenvalue weighted by Crippen LogP contribution is 2.45. The van der Waals surface area contributed by atoms with Gasteiger partial charge in [0.15, 0.2) is 35.1 Å². The normalized spacial score (nSPS) is 18.6. The van der Waals surface area contributed by atoms with Crippen molar-refractivity contribution in [3.05, 3.63) is 95.0 Å². The maximum atomic E-state index is 15.9. The number of amides is 2. The Morgan fingerprint density at radius 1 is 1.04 bits per heavy atom. The van der Waals surface area contributed by atoms with Gasteiger partial charge in [-0.2, -0.15) is 31.6 Å². The first-order valence-electron chi connectivity index (χ1n) is 22.6. The number of β-amino-alcohol motifs (C(OH)–C–C–N with tert-alkyl or cyclic N) is 1. The van der Waals surface area contributed by atoms with Crippen molar-refractivity contribution in [2.24, 2.45) is 5.41 Å². The number of thiocarbonyl (C=S) groups is 1. The maximum absolute atomic E-state index is 15.9. The van der Waals surface area contributed by atoms with E-state index in [0.29, 0.717) is 46.4 Å². The summed E-state index contributed by atoms with van der Waals surface area (Å²) in [6.07, 6.45) is -8.39. The van der Waals surface area contributed by atoms with Gasteiger partial charge in [-0.05, 0) is 81.6 Å². The average Bonchev–Trinajstić information content (AvgIpc) is 4.09. The highest BCUT2D eigenvalue weighted by atomic mass is 32.1. The van der Waals surface area contributed by atoms with Gasteiger partial charge in [-0.3, -0.25) is 19.5 Å². The van der Waals surface area contributed by atoms with Crippen molar-refractivity contribution in [1.82, 2.24) is 30.2 Å². The molecule has 0 radical (unpaired) electrons. The topological polar surface area (TPSA) is 206 Å². The van der Waals surface area contributed by atoms with Gasteiger partial charge in [0.05, 0.1) is 64.8 Å². The Bertz CT molecular complexity index is 2930. The van der Waals surface area contributed by atoms with Gasteiger partial charge in [-0.15, -0.1) is 0 Å². The second kappa shape index (κ2) is 20.6. The molecule has 2 amide bonds. The molecule has 73 heavy (non-hydrogen) atoms. The van der Waals surface area contributed by atoms with Crippen molar-refractivity contribution in [2.45, 2.75) is 103 Å². The van der Waals surface area contributed by atoms with Crippen molar-refractivity contribution < 1.29 is 68.8 Å². The molecule has 1 unspecified atom stereocenters. The number of aromatic amines is 1. The number of unbranched alkanes of at least 4 members (excludes halogenated alkanes) is 1. The molecule has 4 atom stereocenters. The van der Waals surface area contributed by atoms with Crippen LogP contribution in [0.2, 0.25) is 0 Å². The standard InChI is InChI=1S/C48H49F8N9O7S/c1-24-39(72-23-60-24)32-20-59-41(61-32)34-16-27(66)21-63(34)42(68)40(45(2,3)4)62-35(67)22-70-13-7-8-14-71-28-10-11-29(30(17-28)47(51,52)53)38-31(49)15-26(19-58-38)65-44(73)64(43(69)46(65,5)6)33-12-9-25(18-57)36(37(33)50)48(54,55)56/h9-12,15,17,19-20,23,27,34,40,43,66,69H,7-8,13-14,16,21-22H2,1-6H3,(H,59,61)(H,62,67)/t27-,34+,40-,43?/m1/s1. The number of halogens is 8. The summed E-state index contributed by atoms with van der Waals surface area (Å²) in [7, 11) is 0. The SMILES string of the molecule is Cc1ncoc1-c1c[nH]c([C@@H]2C[C@@H](O)CN2C(=O)[C@@H](NC(=O)COCCCCOc2ccc(-c3ncc(N4C(=S)N(c5ccc(C#N)c(C(F)(F)F)c5F)C(O)C4(C)C)cc3F)c(C(F)(F)F)c2)C(C)(C)C)n1. The number of hydrogen-bond acceptors (Lipinski definition) is 12. The number of nitrogens with one attached hydrogen (secondary N) is 2. The van der Waals surface area contributed by atoms with E-state index in [4.69, 9.17) is 26.1 Å². The first kappa shape index (κ1) is 54.0. The molecule has 4 N–H and O–H groups in total. The van der Waals surface area contributed by atoms with Crippen LogP contribution < -0.4 is 19.9 Å². The van der Waals surface area contributed by atoms with Crippen molar-refractivity contribution in [3.63, 3.8) is 0 Å². The number of aliphatic hydroxyl groups is 2. The van der Waals surface area contributed by atoms with Crippen LogP contribution in [0.5, 0.6) is 5.75 Å². The summed E-state index contributed by atoms with van der Waals surface area (Å²) in [4.78, 5) is 46.0. The van der Waals surface area contributed by atoms with Gasteiger partial charge in [0.2, 0.25) is 11.8 Å². The fourth-order valence-corrected chi connectivity index (χ4v) is 9.20. The molecule has 3 aromatic heterocycles. The van der Waals surface area contributed by atoms with Gasteiger partial charge in [0.25, 0.3) is 0 Å². The second-order valence-corrected chi connectivity index (χ2v) is 19.3. The molecule has 0 aliphatic carbocycles. The third-order valence-corrected chi connectivity index (χ3v) is 12.7. The Kier molecular flexibility index (Phi) is 15.3. The number of rotatable bonds is 15. The number of ether oxygens (including phenoxy) is 2. The van der Waals surface area contributed by atoms with Gasteiger partial charge in [0.1, 0.15) is 41.2 Å². The lowest BCUT2D eigenvalue weighted by atomic mass is 9.85. The molecular weight excluding hydrogens is 999 g/mol. The van der Waals surface area contributed by atoms with Crippen molar-refractivity contribution in [2.75, 3.05) is 36.2 Å². The number of anilines is 2. The number of imidazole rings is 1. The molecule has 0 saturated carbocycles. The van der Waals surface area contributed by atoms with E-state index in [9.17, 15) is 51.4 Å². The van der Waals surface area contributed by atoms with Gasteiger partial charge < -0.3 is 44.2 Å². The van der Waals surface area contributed by atoms with Crippen LogP contribution in [0.4, 0.5) is 46.5 Å². The molecule has 5 heterocycles. The minimum atomic E-state index is -5.31. The number of nitriles is 1. The number of aliphatic hydroxyl groups excluding tert-OH is 2. The minimum absolute atomic E-state index is 0.00809. The van der Waals surface area contributed by atoms with E-state index in [-0.39, 0.29) is 44.0 Å². The molecule has 0 spiro atoms. The van der Waals surface area contributed by atoms with Crippen molar-refractivity contribution in [3.8, 4) is 34.5 Å². The zero-order valence-electron chi connectivity index (χ0n) is 40.0. The van der Waals surface area contributed by atoms with Gasteiger partial charge in [-0.1, -0.05) is 20.8 Å². The van der Waals surface area contributed by atoms with Gasteiger partial charge in [0, 0.05) is 37.4 Å². The van der Waals surface area contributed by atoms with E-state index in [2.05, 4.69) is 25.3 Å². The number of likely N-dealkylation sites (tertiary alicyclic amines) is 1. The number of carbonyl (C=O) groups is 2. The van der Waals surface area contributed by atoms with E-state index < -0.39 is 117 Å². The van der Waals surface area contributed by atoms with Crippen LogP contribution in [-0.2, 0) is 26.7 Å². The summed E-state index contributed by atoms with van der Waals surface area (Å²) in [6.45, 7) is 9.35. The number of nitrogens with zero attached hydrogens (tertiary/aromatic N) is 7. The highest BCUT2D eigenvalue weighted by Gasteiger charge is 2.52. The number of alkyl halides is 6. The van der Waals surface area contributed by atoms with Crippen LogP contribution in [0.1, 0.15) is 88.1 Å². The van der Waals surface area contributed by atoms with E-state index in [1.807, 2.05) is 0 Å². The largest absolute Gasteiger partial charge is 0.494 e. The third kappa shape index (κ3) is 11.1. The lowest BCUT2D eigenvalue weighted by molar-refractivity contribution is -0.141. The van der Waals surface area contributed by atoms with Gasteiger partial charge in [-0.25, -0.2) is 18.7 Å². The summed E-state index contributed by atoms with van der Waals surface area (Å²) in [5.74, 6) is -3.53. The van der Waals surface area contributed by atoms with E-state index in [0.717, 1.165) is 29.3 Å². The predicted octanol–water partition coefficient (Wildman–Crippen LogP) is 8.37. The monoisotopic (exact) mass is 1050 g/mol. The molecule has 390 valence electrons. The Morgan fingerprint density at radius 3 is 2.38 bits per heavy atom. The molecule has 5 aromatic rings. The molecule has 2 fully saturated rings. The van der Waals surface area contributed by atoms with E-state index in [1.165, 1.54) is 37.3 Å². The highest BCUT2D eigenvalue weighted by molar-refractivity contribution is 7.80. The maximum Gasteiger partial charge on any atom is 0.420 e. The molecule has 2 saturated heterocycles. The Labute approximate surface area is 417 Å². The average molecular weight is 1050 g/mol. The van der Waals surface area contributed by atoms with Crippen LogP contribution in [-0.4, -0.2) is 102 Å². The molecule has 2 aromatic carbocycles. The summed E-state index contributed by atoms with van der Waals surface area (Å²) < 4.78 is 133. The van der Waals surface area contributed by atoms with E-state index in [1.54, 1.807) is 33.9 Å². The Morgan fingerprint density at radius 2 is 1.75 bits per heavy atom. The molecule has 2 aliphatic rings. The third-order valence-electron chi connectivity index (χ3n) is 12.3. The molecular formula is C48H49F8N9O7S. The summed E-state index contributed by atoms with van der Waals surface area (Å²) in [5.41, 5.74) is -7.98. The molecule has 7 rings (SSSR count). The van der Waals surface area contributed by atoms with Crippen LogP contribution in [0, 0.1) is 35.3 Å². The predicted molar refractivity (Wildman–Crippen MR) is 249 cm³/mol. The number of H-pyrrole nitrogens is 1. The summed E-state index contributed by atoms with van der Waals surface area (Å²) >= 11 is 5.43. The number of aryl methyl sites for hydroxylation is 1. The number of benzene rings is 2. The summed E-state index contributed by atoms with van der Waals surface area (Å²) in [6, 6.07) is 4.73. The summed E-state index contributed by atoms with van der Waals surface area (Å²) in [5, 5.41) is 33.3. The lowest BCUT2D eigenvalue weighted by Gasteiger charge is -2.35. The van der Waals surface area contributed by atoms with Crippen molar-refractivity contribution >= 4 is 40.5 Å². The smallest absolute Gasteiger partial charge is 0.420 e. The molecule has 25 heteroatoms. The fraction of sp³-hybridized carbons (Fsp3) is 0.438. The first-order chi connectivity index (χ1) is 34.1. The Balaban J connectivity index is 0.941. The van der Waals surface area contributed by atoms with Crippen LogP contribution in [0.25, 0.3) is 22.7 Å². The molecule has 16 nitrogen and oxygen atoms in total. The lowest BCUT2D eigenvalue weighted by Crippen LogP contribution is -2.55. The molecule has 2 aliphatic heterocycles. The number of pyridine rings is 1.